The van der Waals surface area contributed by atoms with Crippen molar-refractivity contribution < 1.29 is 14.7 Å². The molecule has 0 fully saturated rings. The van der Waals surface area contributed by atoms with Gasteiger partial charge in [-0.05, 0) is 86.4 Å². The van der Waals surface area contributed by atoms with Crippen LogP contribution in [0.3, 0.4) is 0 Å². The highest BCUT2D eigenvalue weighted by Crippen LogP contribution is 2.32. The molecule has 5 heteroatoms. The predicted molar refractivity (Wildman–Crippen MR) is 120 cm³/mol. The fraction of sp³-hybridized carbons (Fsp3) is 0.667. The zero-order valence-corrected chi connectivity index (χ0v) is 19.0. The fourth-order valence-corrected chi connectivity index (χ4v) is 3.65. The molecule has 1 aliphatic rings. The van der Waals surface area contributed by atoms with E-state index in [1.807, 2.05) is 14.1 Å². The summed E-state index contributed by atoms with van der Waals surface area (Å²) in [5, 5.41) is 12.6. The van der Waals surface area contributed by atoms with Crippen LogP contribution in [0.1, 0.15) is 65.7 Å². The number of carboxylic acid groups (broad SMARTS) is 1. The zero-order chi connectivity index (χ0) is 21.8. The molecule has 0 spiro atoms. The van der Waals surface area contributed by atoms with E-state index in [4.69, 9.17) is 0 Å². The predicted octanol–water partition coefficient (Wildman–Crippen LogP) is 4.56. The third kappa shape index (κ3) is 10.5. The minimum Gasteiger partial charge on any atom is -0.481 e. The highest BCUT2D eigenvalue weighted by Gasteiger charge is 2.35. The van der Waals surface area contributed by atoms with Crippen molar-refractivity contribution in [2.45, 2.75) is 65.7 Å². The molecule has 1 amide bonds. The Balaban J connectivity index is 2.53. The van der Waals surface area contributed by atoms with E-state index in [0.717, 1.165) is 38.6 Å². The molecule has 1 rings (SSSR count). The van der Waals surface area contributed by atoms with Gasteiger partial charge in [-0.3, -0.25) is 9.59 Å². The number of rotatable bonds is 12. The van der Waals surface area contributed by atoms with Crippen LogP contribution in [0.4, 0.5) is 0 Å². The van der Waals surface area contributed by atoms with Gasteiger partial charge in [-0.1, -0.05) is 34.9 Å². The van der Waals surface area contributed by atoms with Crippen LogP contribution in [0.2, 0.25) is 0 Å². The minimum absolute atomic E-state index is 0.124. The number of nitrogens with zero attached hydrogens (tertiary/aromatic N) is 1. The normalized spacial score (nSPS) is 19.7. The Morgan fingerprint density at radius 1 is 1.17 bits per heavy atom. The molecule has 0 aromatic heterocycles. The summed E-state index contributed by atoms with van der Waals surface area (Å²) in [6, 6.07) is 0. The number of hydrogen-bond acceptors (Lipinski definition) is 3. The highest BCUT2D eigenvalue weighted by molar-refractivity contribution is 5.85. The Hall–Kier alpha value is -1.88. The molecule has 29 heavy (non-hydrogen) atoms. The van der Waals surface area contributed by atoms with Crippen molar-refractivity contribution >= 4 is 11.9 Å². The summed E-state index contributed by atoms with van der Waals surface area (Å²) in [4.78, 5) is 26.3. The van der Waals surface area contributed by atoms with Crippen LogP contribution in [0.25, 0.3) is 0 Å². The second-order valence-electron chi connectivity index (χ2n) is 8.71. The minimum atomic E-state index is -0.863. The average Bonchev–Trinajstić information content (AvgIpc) is 2.64. The lowest BCUT2D eigenvalue weighted by Crippen LogP contribution is -2.40. The van der Waals surface area contributed by atoms with Crippen LogP contribution in [0, 0.1) is 11.8 Å². The second-order valence-corrected chi connectivity index (χ2v) is 8.71. The fourth-order valence-electron chi connectivity index (χ4n) is 3.65. The Morgan fingerprint density at radius 3 is 2.52 bits per heavy atom. The molecular formula is C24H40N2O3. The number of hydrogen-bond donors (Lipinski definition) is 2. The zero-order valence-electron chi connectivity index (χ0n) is 19.0. The summed E-state index contributed by atoms with van der Waals surface area (Å²) >= 11 is 0. The summed E-state index contributed by atoms with van der Waals surface area (Å²) in [7, 11) is 3.99. The maximum absolute atomic E-state index is 12.5. The van der Waals surface area contributed by atoms with Gasteiger partial charge in [0.2, 0.25) is 5.91 Å². The Bertz CT molecular complexity index is 628. The summed E-state index contributed by atoms with van der Waals surface area (Å²) in [6.07, 6.45) is 12.4. The average molecular weight is 405 g/mol. The lowest BCUT2D eigenvalue weighted by molar-refractivity contribution is -0.147. The molecule has 2 atom stereocenters. The first kappa shape index (κ1) is 25.2. The van der Waals surface area contributed by atoms with Gasteiger partial charge in [-0.2, -0.15) is 0 Å². The van der Waals surface area contributed by atoms with Crippen molar-refractivity contribution in [1.82, 2.24) is 10.2 Å². The van der Waals surface area contributed by atoms with E-state index in [1.165, 1.54) is 16.7 Å². The molecule has 5 nitrogen and oxygen atoms in total. The van der Waals surface area contributed by atoms with Crippen LogP contribution in [0.15, 0.2) is 34.9 Å². The van der Waals surface area contributed by atoms with Gasteiger partial charge in [-0.25, -0.2) is 0 Å². The summed E-state index contributed by atoms with van der Waals surface area (Å²) in [5.41, 5.74) is 3.90. The molecule has 0 aliphatic heterocycles. The number of nitrogens with one attached hydrogen (secondary N) is 1. The Kier molecular flexibility index (Phi) is 11.6. The molecule has 0 saturated carbocycles. The summed E-state index contributed by atoms with van der Waals surface area (Å²) in [5.74, 6) is -2.07. The molecule has 2 N–H and O–H groups in total. The first-order chi connectivity index (χ1) is 13.7. The first-order valence-electron chi connectivity index (χ1n) is 10.8. The number of amides is 1. The van der Waals surface area contributed by atoms with Crippen LogP contribution in [-0.2, 0) is 9.59 Å². The molecule has 0 heterocycles. The molecule has 0 bridgehead atoms. The second kappa shape index (κ2) is 13.4. The molecule has 2 unspecified atom stereocenters. The van der Waals surface area contributed by atoms with E-state index in [0.29, 0.717) is 19.4 Å². The highest BCUT2D eigenvalue weighted by atomic mass is 16.4. The van der Waals surface area contributed by atoms with E-state index in [2.05, 4.69) is 49.2 Å². The SMILES string of the molecule is CC(C)=CCC/C(C)=C/CCC1=CCC(C(=O)NCCCN(C)C)C(C(=O)O)C1. The molecule has 164 valence electrons. The third-order valence-electron chi connectivity index (χ3n) is 5.41. The monoisotopic (exact) mass is 404 g/mol. The van der Waals surface area contributed by atoms with Crippen LogP contribution in [0.5, 0.6) is 0 Å². The molecule has 0 aromatic carbocycles. The van der Waals surface area contributed by atoms with Gasteiger partial charge in [-0.15, -0.1) is 0 Å². The van der Waals surface area contributed by atoms with Crippen molar-refractivity contribution in [2.75, 3.05) is 27.2 Å². The van der Waals surface area contributed by atoms with E-state index in [-0.39, 0.29) is 5.91 Å². The van der Waals surface area contributed by atoms with Crippen molar-refractivity contribution in [3.63, 3.8) is 0 Å². The van der Waals surface area contributed by atoms with Crippen LogP contribution < -0.4 is 5.32 Å². The third-order valence-corrected chi connectivity index (χ3v) is 5.41. The molecule has 1 aliphatic carbocycles. The van der Waals surface area contributed by atoms with Crippen molar-refractivity contribution in [3.8, 4) is 0 Å². The topological polar surface area (TPSA) is 69.6 Å². The quantitative estimate of drug-likeness (QED) is 0.369. The molecule has 0 radical (unpaired) electrons. The summed E-state index contributed by atoms with van der Waals surface area (Å²) < 4.78 is 0. The maximum Gasteiger partial charge on any atom is 0.307 e. The lowest BCUT2D eigenvalue weighted by Gasteiger charge is -2.28. The number of carbonyl (C=O) groups excluding carboxylic acids is 1. The first-order valence-corrected chi connectivity index (χ1v) is 10.8. The number of allylic oxidation sites excluding steroid dienone is 6. The van der Waals surface area contributed by atoms with E-state index in [1.54, 1.807) is 0 Å². The summed E-state index contributed by atoms with van der Waals surface area (Å²) in [6.45, 7) is 7.88. The van der Waals surface area contributed by atoms with Gasteiger partial charge in [0.25, 0.3) is 0 Å². The largest absolute Gasteiger partial charge is 0.481 e. The van der Waals surface area contributed by atoms with Gasteiger partial charge in [0.15, 0.2) is 0 Å². The number of carbonyl (C=O) groups is 2. The van der Waals surface area contributed by atoms with Crippen molar-refractivity contribution in [3.05, 3.63) is 34.9 Å². The molecule has 0 saturated heterocycles. The molecule has 0 aromatic rings. The van der Waals surface area contributed by atoms with E-state index in [9.17, 15) is 14.7 Å². The number of carboxylic acids is 1. The van der Waals surface area contributed by atoms with Gasteiger partial charge in [0, 0.05) is 6.54 Å². The van der Waals surface area contributed by atoms with E-state index < -0.39 is 17.8 Å². The van der Waals surface area contributed by atoms with Crippen molar-refractivity contribution in [2.24, 2.45) is 11.8 Å². The Labute approximate surface area is 176 Å². The van der Waals surface area contributed by atoms with Crippen LogP contribution in [-0.4, -0.2) is 49.1 Å². The van der Waals surface area contributed by atoms with Gasteiger partial charge < -0.3 is 15.3 Å². The standard InChI is InChI=1S/C24H40N2O3/c1-18(2)9-6-10-19(3)11-7-12-20-13-14-21(22(17-20)24(28)29)23(27)25-15-8-16-26(4)5/h9,11,13,21-22H,6-8,10,12,14-17H2,1-5H3,(H,25,27)(H,28,29)/b19-11+. The smallest absolute Gasteiger partial charge is 0.307 e. The van der Waals surface area contributed by atoms with Gasteiger partial charge in [0.05, 0.1) is 11.8 Å². The van der Waals surface area contributed by atoms with Gasteiger partial charge >= 0.3 is 5.97 Å². The lowest BCUT2D eigenvalue weighted by atomic mass is 9.78. The van der Waals surface area contributed by atoms with Crippen molar-refractivity contribution in [1.29, 1.82) is 0 Å². The van der Waals surface area contributed by atoms with E-state index >= 15 is 0 Å². The maximum atomic E-state index is 12.5. The number of aliphatic carboxylic acids is 1. The van der Waals surface area contributed by atoms with Crippen LogP contribution >= 0.6 is 0 Å². The molecular weight excluding hydrogens is 364 g/mol. The Morgan fingerprint density at radius 2 is 1.90 bits per heavy atom. The van der Waals surface area contributed by atoms with Gasteiger partial charge in [0.1, 0.15) is 0 Å².